The number of esters is 1. The van der Waals surface area contributed by atoms with E-state index in [-0.39, 0.29) is 12.6 Å². The van der Waals surface area contributed by atoms with Crippen LogP contribution in [0, 0.1) is 5.92 Å². The van der Waals surface area contributed by atoms with Crippen LogP contribution in [0.4, 0.5) is 0 Å². The summed E-state index contributed by atoms with van der Waals surface area (Å²) in [5.41, 5.74) is 0.886. The largest absolute Gasteiger partial charge is 0.455 e. The van der Waals surface area contributed by atoms with Crippen molar-refractivity contribution < 1.29 is 14.3 Å². The summed E-state index contributed by atoms with van der Waals surface area (Å²) in [5, 5.41) is 0. The molecule has 144 valence electrons. The van der Waals surface area contributed by atoms with Crippen LogP contribution in [0.25, 0.3) is 0 Å². The number of ketones is 1. The third kappa shape index (κ3) is 5.92. The van der Waals surface area contributed by atoms with Gasteiger partial charge in [0.05, 0.1) is 6.04 Å². The number of hydrogen-bond donors (Lipinski definition) is 0. The van der Waals surface area contributed by atoms with Gasteiger partial charge in [-0.05, 0) is 38.3 Å². The number of piperazine rings is 1. The Bertz CT molecular complexity index is 586. The first-order valence-corrected chi connectivity index (χ1v) is 9.61. The minimum atomic E-state index is -0.727. The molecular formula is C21H32N2O3. The highest BCUT2D eigenvalue weighted by Gasteiger charge is 2.37. The van der Waals surface area contributed by atoms with Crippen molar-refractivity contribution in [2.45, 2.75) is 52.8 Å². The number of carbonyl (C=O) groups excluding carboxylic acids is 2. The third-order valence-corrected chi connectivity index (χ3v) is 4.91. The first-order valence-electron chi connectivity index (χ1n) is 9.61. The van der Waals surface area contributed by atoms with Crippen molar-refractivity contribution in [1.82, 2.24) is 9.80 Å². The summed E-state index contributed by atoms with van der Waals surface area (Å²) < 4.78 is 5.27. The Hall–Kier alpha value is -1.72. The van der Waals surface area contributed by atoms with E-state index in [9.17, 15) is 9.59 Å². The monoisotopic (exact) mass is 360 g/mol. The van der Waals surface area contributed by atoms with E-state index in [1.807, 2.05) is 30.3 Å². The molecule has 0 amide bonds. The minimum absolute atomic E-state index is 0.136. The summed E-state index contributed by atoms with van der Waals surface area (Å²) in [6.07, 6.45) is 1.10. The molecule has 0 saturated carbocycles. The standard InChI is InChI=1S/C21H32N2O3/c1-16(2)10-11-22-12-13-23(17(3)4)19(14-22)20(24)21(25)26-15-18-8-6-5-7-9-18/h5-9,16-17,19H,10-15H2,1-4H3/t19-/m0/s1. The zero-order valence-corrected chi connectivity index (χ0v) is 16.5. The lowest BCUT2D eigenvalue weighted by Gasteiger charge is -2.42. The highest BCUT2D eigenvalue weighted by atomic mass is 16.5. The van der Waals surface area contributed by atoms with Crippen molar-refractivity contribution in [3.05, 3.63) is 35.9 Å². The Balaban J connectivity index is 1.97. The van der Waals surface area contributed by atoms with Crippen LogP contribution in [0.15, 0.2) is 30.3 Å². The first kappa shape index (κ1) is 20.6. The van der Waals surface area contributed by atoms with E-state index in [1.54, 1.807) is 0 Å². The van der Waals surface area contributed by atoms with E-state index >= 15 is 0 Å². The number of Topliss-reactive ketones (excluding diaryl/α,β-unsaturated/α-hetero) is 1. The molecule has 1 saturated heterocycles. The van der Waals surface area contributed by atoms with E-state index in [4.69, 9.17) is 4.74 Å². The number of benzene rings is 1. The van der Waals surface area contributed by atoms with E-state index in [0.717, 1.165) is 31.6 Å². The molecule has 0 spiro atoms. The lowest BCUT2D eigenvalue weighted by Crippen LogP contribution is -2.59. The van der Waals surface area contributed by atoms with Gasteiger partial charge in [0.15, 0.2) is 0 Å². The molecule has 0 radical (unpaired) electrons. The van der Waals surface area contributed by atoms with Crippen LogP contribution >= 0.6 is 0 Å². The molecule has 1 aliphatic rings. The molecule has 0 aromatic heterocycles. The van der Waals surface area contributed by atoms with Crippen molar-refractivity contribution >= 4 is 11.8 Å². The summed E-state index contributed by atoms with van der Waals surface area (Å²) in [4.78, 5) is 29.5. The van der Waals surface area contributed by atoms with E-state index in [0.29, 0.717) is 12.5 Å². The molecule has 5 nitrogen and oxygen atoms in total. The lowest BCUT2D eigenvalue weighted by molar-refractivity contribution is -0.158. The van der Waals surface area contributed by atoms with Crippen LogP contribution < -0.4 is 0 Å². The Kier molecular flexibility index (Phi) is 7.79. The summed E-state index contributed by atoms with van der Waals surface area (Å²) in [6, 6.07) is 9.25. The van der Waals surface area contributed by atoms with Crippen molar-refractivity contribution in [3.8, 4) is 0 Å². The molecule has 5 heteroatoms. The predicted octanol–water partition coefficient (Wildman–Crippen LogP) is 2.74. The fourth-order valence-electron chi connectivity index (χ4n) is 3.28. The van der Waals surface area contributed by atoms with Crippen LogP contribution in [0.1, 0.15) is 39.7 Å². The summed E-state index contributed by atoms with van der Waals surface area (Å²) >= 11 is 0. The molecule has 1 aromatic carbocycles. The van der Waals surface area contributed by atoms with Crippen molar-refractivity contribution in [2.24, 2.45) is 5.92 Å². The molecule has 1 aromatic rings. The molecule has 1 fully saturated rings. The van der Waals surface area contributed by atoms with Gasteiger partial charge in [-0.1, -0.05) is 44.2 Å². The van der Waals surface area contributed by atoms with Gasteiger partial charge >= 0.3 is 5.97 Å². The molecule has 0 unspecified atom stereocenters. The highest BCUT2D eigenvalue weighted by molar-refractivity contribution is 6.35. The second-order valence-electron chi connectivity index (χ2n) is 7.76. The maximum atomic E-state index is 12.8. The smallest absolute Gasteiger partial charge is 0.376 e. The fraction of sp³-hybridized carbons (Fsp3) is 0.619. The van der Waals surface area contributed by atoms with E-state index in [1.165, 1.54) is 0 Å². The zero-order valence-electron chi connectivity index (χ0n) is 16.5. The lowest BCUT2D eigenvalue weighted by atomic mass is 10.0. The maximum absolute atomic E-state index is 12.8. The van der Waals surface area contributed by atoms with Crippen molar-refractivity contribution in [1.29, 1.82) is 0 Å². The van der Waals surface area contributed by atoms with Crippen LogP contribution in [0.3, 0.4) is 0 Å². The molecule has 0 N–H and O–H groups in total. The number of nitrogens with zero attached hydrogens (tertiary/aromatic N) is 2. The zero-order chi connectivity index (χ0) is 19.1. The number of ether oxygens (including phenoxy) is 1. The summed E-state index contributed by atoms with van der Waals surface area (Å²) in [6.45, 7) is 12.0. The number of rotatable bonds is 8. The van der Waals surface area contributed by atoms with Gasteiger partial charge in [0.2, 0.25) is 0 Å². The van der Waals surface area contributed by atoms with E-state index < -0.39 is 17.8 Å². The highest BCUT2D eigenvalue weighted by Crippen LogP contribution is 2.16. The molecule has 1 atom stereocenters. The van der Waals surface area contributed by atoms with Gasteiger partial charge in [0, 0.05) is 25.7 Å². The third-order valence-electron chi connectivity index (χ3n) is 4.91. The van der Waals surface area contributed by atoms with Crippen LogP contribution in [-0.2, 0) is 20.9 Å². The van der Waals surface area contributed by atoms with Gasteiger partial charge in [0.1, 0.15) is 6.61 Å². The maximum Gasteiger partial charge on any atom is 0.376 e. The summed E-state index contributed by atoms with van der Waals surface area (Å²) in [7, 11) is 0. The van der Waals surface area contributed by atoms with Gasteiger partial charge in [-0.3, -0.25) is 9.69 Å². The Morgan fingerprint density at radius 1 is 1.12 bits per heavy atom. The van der Waals surface area contributed by atoms with Crippen LogP contribution in [0.5, 0.6) is 0 Å². The topological polar surface area (TPSA) is 49.9 Å². The Labute approximate surface area is 157 Å². The van der Waals surface area contributed by atoms with Crippen LogP contribution in [0.2, 0.25) is 0 Å². The van der Waals surface area contributed by atoms with Gasteiger partial charge < -0.3 is 9.64 Å². The second-order valence-corrected chi connectivity index (χ2v) is 7.76. The average molecular weight is 360 g/mol. The summed E-state index contributed by atoms with van der Waals surface area (Å²) in [5.74, 6) is -0.526. The fourth-order valence-corrected chi connectivity index (χ4v) is 3.28. The van der Waals surface area contributed by atoms with Gasteiger partial charge in [-0.15, -0.1) is 0 Å². The normalized spacial score (nSPS) is 19.1. The Morgan fingerprint density at radius 3 is 2.42 bits per heavy atom. The quantitative estimate of drug-likeness (QED) is 0.527. The van der Waals surface area contributed by atoms with Gasteiger partial charge in [0.25, 0.3) is 5.78 Å². The number of hydrogen-bond acceptors (Lipinski definition) is 5. The van der Waals surface area contributed by atoms with Crippen LogP contribution in [-0.4, -0.2) is 59.8 Å². The molecule has 1 heterocycles. The van der Waals surface area contributed by atoms with Crippen molar-refractivity contribution in [2.75, 3.05) is 26.2 Å². The second kappa shape index (κ2) is 9.83. The number of carbonyl (C=O) groups is 2. The molecule has 1 aliphatic heterocycles. The van der Waals surface area contributed by atoms with Gasteiger partial charge in [-0.25, -0.2) is 4.79 Å². The molecule has 2 rings (SSSR count). The molecule has 0 aliphatic carbocycles. The van der Waals surface area contributed by atoms with E-state index in [2.05, 4.69) is 37.5 Å². The molecular weight excluding hydrogens is 328 g/mol. The first-order chi connectivity index (χ1) is 12.4. The predicted molar refractivity (Wildman–Crippen MR) is 103 cm³/mol. The molecule has 26 heavy (non-hydrogen) atoms. The SMILES string of the molecule is CC(C)CCN1CCN(C(C)C)[C@H](C(=O)C(=O)OCc2ccccc2)C1. The average Bonchev–Trinajstić information content (AvgIpc) is 2.64. The minimum Gasteiger partial charge on any atom is -0.455 e. The van der Waals surface area contributed by atoms with Crippen molar-refractivity contribution in [3.63, 3.8) is 0 Å². The molecule has 0 bridgehead atoms. The Morgan fingerprint density at radius 2 is 1.81 bits per heavy atom. The van der Waals surface area contributed by atoms with Gasteiger partial charge in [-0.2, -0.15) is 0 Å².